The summed E-state index contributed by atoms with van der Waals surface area (Å²) in [6.45, 7) is 1.95. The number of benzene rings is 2. The van der Waals surface area contributed by atoms with Crippen LogP contribution in [0, 0.1) is 5.82 Å². The fraction of sp³-hybridized carbons (Fsp3) is 0.333. The molecule has 0 radical (unpaired) electrons. The fourth-order valence-corrected chi connectivity index (χ4v) is 4.07. The summed E-state index contributed by atoms with van der Waals surface area (Å²) in [6, 6.07) is 14.3. The van der Waals surface area contributed by atoms with E-state index in [1.165, 1.54) is 12.1 Å². The van der Waals surface area contributed by atoms with Crippen LogP contribution in [-0.2, 0) is 9.53 Å². The highest BCUT2D eigenvalue weighted by molar-refractivity contribution is 5.99. The van der Waals surface area contributed by atoms with Crippen molar-refractivity contribution in [3.05, 3.63) is 71.7 Å². The van der Waals surface area contributed by atoms with E-state index >= 15 is 0 Å². The lowest BCUT2D eigenvalue weighted by Crippen LogP contribution is -2.20. The number of nitrogens with zero attached hydrogens (tertiary/aromatic N) is 1. The van der Waals surface area contributed by atoms with Crippen LogP contribution in [0.4, 0.5) is 4.39 Å². The number of fused-ring (bicyclic) bond motifs is 1. The Bertz CT molecular complexity index is 1150. The zero-order chi connectivity index (χ0) is 23.4. The molecule has 0 unspecified atom stereocenters. The van der Waals surface area contributed by atoms with Gasteiger partial charge < -0.3 is 14.9 Å². The minimum Gasteiger partial charge on any atom is -0.466 e. The van der Waals surface area contributed by atoms with Crippen LogP contribution in [0.1, 0.15) is 49.8 Å². The topological polar surface area (TPSA) is 79.7 Å². The van der Waals surface area contributed by atoms with Gasteiger partial charge in [-0.05, 0) is 43.5 Å². The minimum absolute atomic E-state index is 0.0148. The predicted octanol–water partition coefficient (Wildman–Crippen LogP) is 5.00. The lowest BCUT2D eigenvalue weighted by atomic mass is 9.92. The number of aliphatic hydroxyl groups excluding tert-OH is 2. The molecule has 3 aromatic rings. The summed E-state index contributed by atoms with van der Waals surface area (Å²) in [5.74, 6) is -0.447. The standard InChI is InChI=1S/C27H28FNO4/c1-2-33-25(32)16-21(31)15-20(30)13-14-23-26(17-9-11-19(28)12-10-17)22-5-3-4-6-24(22)29-27(23)18-7-8-18/h3-6,9-14,18,20-21,30-31H,2,7-8,15-16H2,1H3/t20-,21+/m1/s1. The van der Waals surface area contributed by atoms with Gasteiger partial charge in [0.05, 0.1) is 36.4 Å². The van der Waals surface area contributed by atoms with E-state index in [0.29, 0.717) is 5.92 Å². The van der Waals surface area contributed by atoms with Crippen molar-refractivity contribution in [3.8, 4) is 11.1 Å². The number of ether oxygens (including phenoxy) is 1. The van der Waals surface area contributed by atoms with Crippen LogP contribution < -0.4 is 0 Å². The Morgan fingerprint density at radius 2 is 1.91 bits per heavy atom. The predicted molar refractivity (Wildman–Crippen MR) is 126 cm³/mol. The first kappa shape index (κ1) is 23.1. The van der Waals surface area contributed by atoms with Gasteiger partial charge in [-0.25, -0.2) is 4.39 Å². The van der Waals surface area contributed by atoms with Gasteiger partial charge in [0.2, 0.25) is 0 Å². The normalized spacial score (nSPS) is 15.6. The third-order valence-corrected chi connectivity index (χ3v) is 5.76. The lowest BCUT2D eigenvalue weighted by Gasteiger charge is -2.16. The van der Waals surface area contributed by atoms with Crippen molar-refractivity contribution < 1.29 is 24.1 Å². The zero-order valence-corrected chi connectivity index (χ0v) is 18.6. The number of rotatable bonds is 9. The summed E-state index contributed by atoms with van der Waals surface area (Å²) in [5.41, 5.74) is 4.54. The van der Waals surface area contributed by atoms with Gasteiger partial charge in [0.15, 0.2) is 0 Å². The maximum atomic E-state index is 13.6. The molecule has 1 fully saturated rings. The summed E-state index contributed by atoms with van der Waals surface area (Å²) >= 11 is 0. The van der Waals surface area contributed by atoms with Gasteiger partial charge in [0, 0.05) is 28.9 Å². The van der Waals surface area contributed by atoms with Crippen molar-refractivity contribution in [2.24, 2.45) is 0 Å². The summed E-state index contributed by atoms with van der Waals surface area (Å²) in [6.07, 6.45) is 3.47. The number of esters is 1. The van der Waals surface area contributed by atoms with Crippen molar-refractivity contribution in [1.29, 1.82) is 0 Å². The van der Waals surface area contributed by atoms with Crippen LogP contribution >= 0.6 is 0 Å². The Balaban J connectivity index is 1.70. The summed E-state index contributed by atoms with van der Waals surface area (Å²) in [7, 11) is 0. The fourth-order valence-electron chi connectivity index (χ4n) is 4.07. The van der Waals surface area contributed by atoms with Gasteiger partial charge in [0.1, 0.15) is 5.82 Å². The quantitative estimate of drug-likeness (QED) is 0.450. The van der Waals surface area contributed by atoms with Crippen molar-refractivity contribution in [2.45, 2.75) is 50.7 Å². The lowest BCUT2D eigenvalue weighted by molar-refractivity contribution is -0.145. The molecule has 0 amide bonds. The molecule has 0 saturated heterocycles. The molecule has 172 valence electrons. The molecule has 6 heteroatoms. The van der Waals surface area contributed by atoms with Gasteiger partial charge >= 0.3 is 5.97 Å². The number of halogens is 1. The van der Waals surface area contributed by atoms with Gasteiger partial charge in [-0.15, -0.1) is 0 Å². The summed E-state index contributed by atoms with van der Waals surface area (Å²) in [5, 5.41) is 21.6. The molecule has 1 saturated carbocycles. The molecular weight excluding hydrogens is 421 g/mol. The van der Waals surface area contributed by atoms with Crippen LogP contribution in [-0.4, -0.2) is 40.0 Å². The highest BCUT2D eigenvalue weighted by atomic mass is 19.1. The largest absolute Gasteiger partial charge is 0.466 e. The maximum Gasteiger partial charge on any atom is 0.308 e. The third kappa shape index (κ3) is 5.64. The number of hydrogen-bond acceptors (Lipinski definition) is 5. The molecule has 1 aliphatic rings. The van der Waals surface area contributed by atoms with E-state index in [0.717, 1.165) is 46.1 Å². The second-order valence-electron chi connectivity index (χ2n) is 8.41. The van der Waals surface area contributed by atoms with E-state index in [4.69, 9.17) is 9.72 Å². The molecule has 5 nitrogen and oxygen atoms in total. The second-order valence-corrected chi connectivity index (χ2v) is 8.41. The van der Waals surface area contributed by atoms with Crippen LogP contribution in [0.5, 0.6) is 0 Å². The van der Waals surface area contributed by atoms with Crippen LogP contribution in [0.25, 0.3) is 28.1 Å². The Labute approximate surface area is 192 Å². The first-order valence-electron chi connectivity index (χ1n) is 11.3. The Kier molecular flexibility index (Phi) is 7.16. The van der Waals surface area contributed by atoms with E-state index < -0.39 is 18.2 Å². The highest BCUT2D eigenvalue weighted by Gasteiger charge is 2.29. The van der Waals surface area contributed by atoms with E-state index in [9.17, 15) is 19.4 Å². The van der Waals surface area contributed by atoms with Crippen LogP contribution in [0.15, 0.2) is 54.6 Å². The van der Waals surface area contributed by atoms with Crippen molar-refractivity contribution in [1.82, 2.24) is 4.98 Å². The number of para-hydroxylation sites is 1. The highest BCUT2D eigenvalue weighted by Crippen LogP contribution is 2.45. The average molecular weight is 450 g/mol. The molecule has 2 aromatic carbocycles. The van der Waals surface area contributed by atoms with E-state index in [2.05, 4.69) is 0 Å². The van der Waals surface area contributed by atoms with E-state index in [1.807, 2.05) is 30.3 Å². The molecule has 1 aliphatic carbocycles. The Hall–Kier alpha value is -3.09. The SMILES string of the molecule is CCOC(=O)C[C@@H](O)C[C@H](O)C=Cc1c(C2CC2)nc2ccccc2c1-c1ccc(F)cc1. The Morgan fingerprint density at radius 1 is 1.18 bits per heavy atom. The van der Waals surface area contributed by atoms with Crippen molar-refractivity contribution in [3.63, 3.8) is 0 Å². The van der Waals surface area contributed by atoms with Gasteiger partial charge in [-0.2, -0.15) is 0 Å². The number of pyridine rings is 1. The van der Waals surface area contributed by atoms with Gasteiger partial charge in [-0.1, -0.05) is 42.5 Å². The number of carbonyl (C=O) groups is 1. The molecule has 0 aliphatic heterocycles. The maximum absolute atomic E-state index is 13.6. The second kappa shape index (κ2) is 10.2. The number of carbonyl (C=O) groups excluding carboxylic acids is 1. The molecule has 1 aromatic heterocycles. The average Bonchev–Trinajstić information content (AvgIpc) is 3.63. The molecule has 0 spiro atoms. The molecule has 1 heterocycles. The molecule has 33 heavy (non-hydrogen) atoms. The van der Waals surface area contributed by atoms with Gasteiger partial charge in [0.25, 0.3) is 0 Å². The monoisotopic (exact) mass is 449 g/mol. The molecule has 0 bridgehead atoms. The number of hydrogen-bond donors (Lipinski definition) is 2. The smallest absolute Gasteiger partial charge is 0.308 e. The van der Waals surface area contributed by atoms with Crippen LogP contribution in [0.3, 0.4) is 0 Å². The minimum atomic E-state index is -1.00. The summed E-state index contributed by atoms with van der Waals surface area (Å²) in [4.78, 5) is 16.5. The van der Waals surface area contributed by atoms with Crippen molar-refractivity contribution >= 4 is 22.9 Å². The van der Waals surface area contributed by atoms with E-state index in [-0.39, 0.29) is 25.3 Å². The Morgan fingerprint density at radius 3 is 2.61 bits per heavy atom. The zero-order valence-electron chi connectivity index (χ0n) is 18.6. The molecular formula is C27H28FNO4. The van der Waals surface area contributed by atoms with Crippen molar-refractivity contribution in [2.75, 3.05) is 6.61 Å². The number of aliphatic hydroxyl groups is 2. The molecule has 2 N–H and O–H groups in total. The first-order valence-corrected chi connectivity index (χ1v) is 11.3. The molecule has 2 atom stereocenters. The number of aromatic nitrogens is 1. The summed E-state index contributed by atoms with van der Waals surface area (Å²) < 4.78 is 18.5. The molecule has 4 rings (SSSR count). The van der Waals surface area contributed by atoms with Crippen LogP contribution in [0.2, 0.25) is 0 Å². The van der Waals surface area contributed by atoms with E-state index in [1.54, 1.807) is 25.1 Å². The third-order valence-electron chi connectivity index (χ3n) is 5.76. The first-order chi connectivity index (χ1) is 16.0. The van der Waals surface area contributed by atoms with Gasteiger partial charge in [-0.3, -0.25) is 9.78 Å².